The Kier molecular flexibility index (Phi) is 34.7. The monoisotopic (exact) mass is 2170 g/mol. The third kappa shape index (κ3) is 27.0. The largest absolute Gasteiger partial charge is 0.478 e. The molecular weight excluding hydrogens is 2090 g/mol. The molecule has 5 saturated heterocycles. The predicted molar refractivity (Wildman–Crippen MR) is 589 cm³/mol. The second kappa shape index (κ2) is 48.9. The minimum absolute atomic E-state index is 0.0391. The number of aromatic nitrogens is 5. The van der Waals surface area contributed by atoms with Gasteiger partial charge in [-0.1, -0.05) is 271 Å². The van der Waals surface area contributed by atoms with Crippen molar-refractivity contribution in [2.45, 2.75) is 46.6 Å². The molecule has 5 aliphatic heterocycles. The molecule has 0 saturated carbocycles. The maximum atomic E-state index is 12.9. The zero-order chi connectivity index (χ0) is 105. The molecule has 0 spiro atoms. The van der Waals surface area contributed by atoms with Crippen molar-refractivity contribution in [3.8, 4) is 56.7 Å². The first-order valence-electron chi connectivity index (χ1n) is 44.6. The van der Waals surface area contributed by atoms with Crippen molar-refractivity contribution in [2.75, 3.05) is 14.2 Å². The molecule has 30 nitrogen and oxygen atoms in total. The van der Waals surface area contributed by atoms with Crippen LogP contribution in [0.5, 0.6) is 0 Å². The molecule has 0 aliphatic carbocycles. The number of aromatic carboxylic acids is 3. The Morgan fingerprint density at radius 1 is 0.289 bits per heavy atom. The van der Waals surface area contributed by atoms with E-state index in [0.717, 1.165) is 38.9 Å². The molecule has 20 rings (SSSR count). The predicted octanol–water partition coefficient (Wildman–Crippen LogP) is 23.0. The van der Waals surface area contributed by atoms with E-state index in [1.807, 2.05) is 153 Å². The summed E-state index contributed by atoms with van der Waals surface area (Å²) < 4.78 is 40.9. The molecular formula is C109H78N10O20S10. The molecule has 5 amide bonds. The SMILES string of the molecule is COC(=O)c1ccc(-c2ccc(/C=C3\SC(=S)N(Cc4ccc(C)cc4)C3=O)o2)cn1.COC(=O)c1ccc(-c2ccc(/C=C3\SC(=S)N(Cc4ccccc4)C3=O)o2)cn1.Cc1ccc(CN2C(=O)/C(=C/c3ccc(-c4ccc(C(=O)O)nc4)o3)SC2=S)cc1.O=C(O)c1ccc(-c2ccc(/C=C3\SC(=S)N(Cc4ccccc4)C3=O)o2)cn1.O=C(O)c1ccc(-c2ccc(/C=C3\SC(=S)N(Cc4ccccc4)C3=O)o2)nc1. The second-order valence-corrected chi connectivity index (χ2v) is 40.7. The van der Waals surface area contributed by atoms with E-state index < -0.39 is 29.8 Å². The number of esters is 2. The van der Waals surface area contributed by atoms with Gasteiger partial charge < -0.3 is 46.9 Å². The Morgan fingerprint density at radius 2 is 0.537 bits per heavy atom. The van der Waals surface area contributed by atoms with Gasteiger partial charge in [0.15, 0.2) is 5.76 Å². The van der Waals surface area contributed by atoms with Crippen LogP contribution in [0.2, 0.25) is 0 Å². The van der Waals surface area contributed by atoms with Gasteiger partial charge in [-0.3, -0.25) is 53.5 Å². The smallest absolute Gasteiger partial charge is 0.356 e. The van der Waals surface area contributed by atoms with Gasteiger partial charge in [-0.2, -0.15) is 0 Å². The van der Waals surface area contributed by atoms with E-state index in [-0.39, 0.29) is 57.9 Å². The van der Waals surface area contributed by atoms with Crippen LogP contribution in [0.15, 0.2) is 338 Å². The number of methoxy groups -OCH3 is 2. The number of ether oxygens (including phenoxy) is 2. The maximum Gasteiger partial charge on any atom is 0.356 e. The summed E-state index contributed by atoms with van der Waals surface area (Å²) in [6.45, 7) is 6.18. The lowest BCUT2D eigenvalue weighted by Gasteiger charge is -2.14. The van der Waals surface area contributed by atoms with Crippen molar-refractivity contribution in [3.63, 3.8) is 0 Å². The van der Waals surface area contributed by atoms with Crippen molar-refractivity contribution < 1.29 is 94.8 Å². The lowest BCUT2D eigenvalue weighted by Crippen LogP contribution is -2.27. The Labute approximate surface area is 898 Å². The Bertz CT molecular complexity index is 7690. The fourth-order valence-corrected chi connectivity index (χ4v) is 20.5. The molecule has 15 heterocycles. The fraction of sp³-hybridized carbons (Fsp3) is 0.0826. The molecule has 0 unspecified atom stereocenters. The standard InChI is InChI=1S/C23H18N2O4S2.2C22H16N2O4S2.2C21H14N2O4S2/c1-14-3-5-15(6-4-14)13-25-21(26)20(31-23(25)30)11-17-8-10-19(29-17)16-7-9-18(24-12-16)22(27)28-2;1-13-2-4-14(5-3-13)12-24-20(25)19(30-22(24)29)10-16-7-9-18(28-16)15-6-8-17(21(26)27)23-11-15;1-27-21(26)17-9-7-15(12-23-17)18-10-8-16(28-18)11-19-20(25)24(22(29)30-19)13-14-5-3-2-4-6-14;24-19-18(29-21(28)23(19)12-13-4-2-1-3-5-13)10-15-7-9-17(27-15)16-8-6-14(11-22-16)20(25)26;24-19-18(29-21(28)23(19)12-13-4-2-1-3-5-13)10-15-7-9-17(27-15)14-6-8-16(20(25)26)22-11-14/h3-12H,13H2,1-2H3;2-11H,12H2,1H3,(H,26,27);2-12H,13H2,1H3;2*1-11H,12H2,(H,25,26)/b20-11-;19-10-;19-11-;2*18-10-. The van der Waals surface area contributed by atoms with Crippen LogP contribution in [0, 0.1) is 13.8 Å². The summed E-state index contributed by atoms with van der Waals surface area (Å²) in [6.07, 6.45) is 15.6. The van der Waals surface area contributed by atoms with Crippen molar-refractivity contribution in [1.82, 2.24) is 49.4 Å². The number of thiocarbonyl (C=S) groups is 5. The number of thioether (sulfide) groups is 5. The van der Waals surface area contributed by atoms with Crippen LogP contribution in [0.4, 0.5) is 0 Å². The van der Waals surface area contributed by atoms with Gasteiger partial charge in [0.05, 0.1) is 77.0 Å². The quantitative estimate of drug-likeness (QED) is 0.0272. The van der Waals surface area contributed by atoms with Gasteiger partial charge in [-0.25, -0.2) is 43.9 Å². The second-order valence-electron chi connectivity index (χ2n) is 32.3. The van der Waals surface area contributed by atoms with Gasteiger partial charge in [0.1, 0.15) is 102 Å². The maximum absolute atomic E-state index is 12.9. The van der Waals surface area contributed by atoms with Crippen LogP contribution < -0.4 is 0 Å². The van der Waals surface area contributed by atoms with Crippen LogP contribution in [-0.2, 0) is 66.2 Å². The first-order valence-corrected chi connectivity index (χ1v) is 50.7. The number of nitrogens with zero attached hydrogens (tertiary/aromatic N) is 10. The van der Waals surface area contributed by atoms with Crippen LogP contribution in [0.3, 0.4) is 0 Å². The third-order valence-electron chi connectivity index (χ3n) is 22.0. The van der Waals surface area contributed by atoms with Crippen molar-refractivity contribution in [2.24, 2.45) is 0 Å². The minimum Gasteiger partial charge on any atom is -0.478 e. The average molecular weight is 2170 g/mol. The highest BCUT2D eigenvalue weighted by Gasteiger charge is 2.38. The lowest BCUT2D eigenvalue weighted by atomic mass is 10.1. The number of aryl methyl sites for hydroxylation is 2. The van der Waals surface area contributed by atoms with Gasteiger partial charge in [0.2, 0.25) is 0 Å². The number of hydrogen-bond acceptors (Lipinski definition) is 32. The number of carboxylic acid groups (broad SMARTS) is 3. The highest BCUT2D eigenvalue weighted by molar-refractivity contribution is 8.28. The topological polar surface area (TPSA) is 396 Å². The number of pyridine rings is 5. The van der Waals surface area contributed by atoms with E-state index >= 15 is 0 Å². The summed E-state index contributed by atoms with van der Waals surface area (Å²) >= 11 is 33.1. The van der Waals surface area contributed by atoms with Crippen molar-refractivity contribution in [1.29, 1.82) is 0 Å². The number of carbonyl (C=O) groups is 10. The van der Waals surface area contributed by atoms with E-state index in [9.17, 15) is 47.9 Å². The van der Waals surface area contributed by atoms with Crippen molar-refractivity contribution in [3.05, 3.63) is 412 Å². The first-order chi connectivity index (χ1) is 71.9. The number of rotatable bonds is 25. The lowest BCUT2D eigenvalue weighted by molar-refractivity contribution is -0.123. The molecule has 40 heteroatoms. The van der Waals surface area contributed by atoms with Gasteiger partial charge in [0.25, 0.3) is 29.5 Å². The fourth-order valence-electron chi connectivity index (χ4n) is 14.3. The van der Waals surface area contributed by atoms with E-state index in [1.54, 1.807) is 158 Å². The number of benzene rings is 5. The zero-order valence-electron chi connectivity index (χ0n) is 78.5. The number of carbonyl (C=O) groups excluding carboxylic acids is 7. The zero-order valence-corrected chi connectivity index (χ0v) is 86.6. The Balaban J connectivity index is 0.000000133. The van der Waals surface area contributed by atoms with E-state index in [2.05, 4.69) is 34.4 Å². The van der Waals surface area contributed by atoms with Crippen LogP contribution in [0.1, 0.15) is 120 Å². The van der Waals surface area contributed by atoms with Crippen LogP contribution in [0.25, 0.3) is 87.1 Å². The Hall–Kier alpha value is -16.2. The number of hydrogen-bond donors (Lipinski definition) is 3. The highest BCUT2D eigenvalue weighted by atomic mass is 32.2. The number of amides is 5. The van der Waals surface area contributed by atoms with Gasteiger partial charge >= 0.3 is 29.8 Å². The molecule has 0 atom stereocenters. The normalized spacial score (nSPS) is 15.2. The third-order valence-corrected chi connectivity index (χ3v) is 28.9. The summed E-state index contributed by atoms with van der Waals surface area (Å²) in [4.78, 5) is 150. The number of carboxylic acids is 3. The Morgan fingerprint density at radius 3 is 0.765 bits per heavy atom. The van der Waals surface area contributed by atoms with E-state index in [0.29, 0.717) is 164 Å². The average Bonchev–Trinajstić information content (AvgIpc) is 1.68. The van der Waals surface area contributed by atoms with Gasteiger partial charge in [-0.05, 0) is 163 Å². The van der Waals surface area contributed by atoms with Crippen LogP contribution in [-0.4, -0.2) is 160 Å². The molecule has 5 aliphatic rings. The van der Waals surface area contributed by atoms with Crippen molar-refractivity contribution >= 4 is 231 Å². The van der Waals surface area contributed by atoms with Gasteiger partial charge in [-0.15, -0.1) is 0 Å². The summed E-state index contributed by atoms with van der Waals surface area (Å²) in [5, 5.41) is 26.8. The van der Waals surface area contributed by atoms with E-state index in [4.69, 9.17) is 98.5 Å². The summed E-state index contributed by atoms with van der Waals surface area (Å²) in [7, 11) is 2.61. The molecule has 5 aromatic carbocycles. The molecule has 149 heavy (non-hydrogen) atoms. The molecule has 10 aromatic heterocycles. The molecule has 3 N–H and O–H groups in total. The first kappa shape index (κ1) is 106. The van der Waals surface area contributed by atoms with Gasteiger partial charge in [0, 0.05) is 83.6 Å². The molecule has 15 aromatic rings. The highest BCUT2D eigenvalue weighted by Crippen LogP contribution is 2.42. The molecule has 744 valence electrons. The number of furan rings is 5. The molecule has 5 fully saturated rings. The van der Waals surface area contributed by atoms with Crippen LogP contribution >= 0.6 is 120 Å². The minimum atomic E-state index is -1.09. The summed E-state index contributed by atoms with van der Waals surface area (Å²) in [5.41, 5.74) is 11.0. The molecule has 0 bridgehead atoms. The summed E-state index contributed by atoms with van der Waals surface area (Å²) in [5.74, 6) is 0.262. The summed E-state index contributed by atoms with van der Waals surface area (Å²) in [6, 6.07) is 78.3. The molecule has 0 radical (unpaired) electrons. The van der Waals surface area contributed by atoms with E-state index in [1.165, 1.54) is 122 Å².